The van der Waals surface area contributed by atoms with Gasteiger partial charge >= 0.3 is 0 Å². The van der Waals surface area contributed by atoms with Crippen LogP contribution in [0, 0.1) is 0 Å². The highest BCUT2D eigenvalue weighted by molar-refractivity contribution is 9.11. The normalized spacial score (nSPS) is 10.6. The van der Waals surface area contributed by atoms with Crippen LogP contribution in [0.25, 0.3) is 0 Å². The Morgan fingerprint density at radius 2 is 2.00 bits per heavy atom. The second-order valence-corrected chi connectivity index (χ2v) is 6.39. The van der Waals surface area contributed by atoms with Crippen LogP contribution in [0.4, 0.5) is 0 Å². The fraction of sp³-hybridized carbons (Fsp3) is 0.143. The Labute approximate surface area is 134 Å². The number of ether oxygens (including phenoxy) is 2. The van der Waals surface area contributed by atoms with Crippen LogP contribution >= 0.6 is 27.3 Å². The number of nitrogens with zero attached hydrogens (tertiary/aromatic N) is 1. The van der Waals surface area contributed by atoms with Crippen LogP contribution in [0.2, 0.25) is 0 Å². The summed E-state index contributed by atoms with van der Waals surface area (Å²) < 4.78 is 11.4. The van der Waals surface area contributed by atoms with E-state index < -0.39 is 0 Å². The summed E-state index contributed by atoms with van der Waals surface area (Å²) >= 11 is 4.88. The highest BCUT2D eigenvalue weighted by Crippen LogP contribution is 2.20. The van der Waals surface area contributed by atoms with E-state index >= 15 is 0 Å². The summed E-state index contributed by atoms with van der Waals surface area (Å²) in [7, 11) is 1.59. The Morgan fingerprint density at radius 1 is 1.29 bits per heavy atom. The van der Waals surface area contributed by atoms with Crippen LogP contribution in [-0.4, -0.2) is 25.8 Å². The minimum atomic E-state index is -0.322. The third kappa shape index (κ3) is 5.20. The van der Waals surface area contributed by atoms with Gasteiger partial charge in [-0.2, -0.15) is 5.10 Å². The van der Waals surface area contributed by atoms with Gasteiger partial charge in [-0.05, 0) is 52.3 Å². The van der Waals surface area contributed by atoms with Crippen molar-refractivity contribution < 1.29 is 14.3 Å². The van der Waals surface area contributed by atoms with E-state index in [9.17, 15) is 4.79 Å². The average Bonchev–Trinajstić information content (AvgIpc) is 2.91. The number of thiophene rings is 1. The van der Waals surface area contributed by atoms with Crippen molar-refractivity contribution in [2.24, 2.45) is 5.10 Å². The second kappa shape index (κ2) is 7.80. The fourth-order valence-corrected chi connectivity index (χ4v) is 2.71. The van der Waals surface area contributed by atoms with E-state index in [1.54, 1.807) is 37.6 Å². The number of hydrogen-bond acceptors (Lipinski definition) is 5. The lowest BCUT2D eigenvalue weighted by Gasteiger charge is -2.05. The molecule has 0 radical (unpaired) electrons. The van der Waals surface area contributed by atoms with Crippen LogP contribution in [-0.2, 0) is 4.79 Å². The maximum atomic E-state index is 11.6. The van der Waals surface area contributed by atoms with Gasteiger partial charge in [0.05, 0.1) is 17.1 Å². The molecular formula is C14H13BrN2O3S. The molecule has 1 N–H and O–H groups in total. The predicted octanol–water partition coefficient (Wildman–Crippen LogP) is 3.05. The highest BCUT2D eigenvalue weighted by Gasteiger charge is 2.02. The zero-order chi connectivity index (χ0) is 15.1. The number of nitrogens with one attached hydrogen (secondary N) is 1. The largest absolute Gasteiger partial charge is 0.497 e. The summed E-state index contributed by atoms with van der Waals surface area (Å²) in [6, 6.07) is 10.8. The van der Waals surface area contributed by atoms with E-state index in [0.717, 1.165) is 14.4 Å². The van der Waals surface area contributed by atoms with Gasteiger partial charge in [0.2, 0.25) is 0 Å². The Morgan fingerprint density at radius 3 is 2.62 bits per heavy atom. The van der Waals surface area contributed by atoms with Crippen molar-refractivity contribution in [2.45, 2.75) is 0 Å². The van der Waals surface area contributed by atoms with Gasteiger partial charge in [0.1, 0.15) is 11.5 Å². The number of rotatable bonds is 6. The van der Waals surface area contributed by atoms with Gasteiger partial charge in [0, 0.05) is 4.88 Å². The van der Waals surface area contributed by atoms with E-state index in [2.05, 4.69) is 26.5 Å². The zero-order valence-electron chi connectivity index (χ0n) is 11.2. The van der Waals surface area contributed by atoms with E-state index in [4.69, 9.17) is 9.47 Å². The van der Waals surface area contributed by atoms with Crippen LogP contribution in [0.3, 0.4) is 0 Å². The minimum Gasteiger partial charge on any atom is -0.497 e. The van der Waals surface area contributed by atoms with Gasteiger partial charge in [0.15, 0.2) is 6.61 Å². The fourth-order valence-electron chi connectivity index (χ4n) is 1.42. The number of carbonyl (C=O) groups is 1. The Hall–Kier alpha value is -1.86. The number of halogens is 1. The van der Waals surface area contributed by atoms with Crippen molar-refractivity contribution in [3.63, 3.8) is 0 Å². The van der Waals surface area contributed by atoms with Crippen molar-refractivity contribution in [3.05, 3.63) is 45.1 Å². The monoisotopic (exact) mass is 368 g/mol. The smallest absolute Gasteiger partial charge is 0.277 e. The first kappa shape index (κ1) is 15.5. The summed E-state index contributed by atoms with van der Waals surface area (Å²) in [6.45, 7) is -0.0994. The van der Waals surface area contributed by atoms with Crippen molar-refractivity contribution >= 4 is 39.4 Å². The molecule has 0 saturated heterocycles. The Balaban J connectivity index is 1.75. The SMILES string of the molecule is COc1ccc(OCC(=O)NN=Cc2ccc(Br)s2)cc1. The standard InChI is InChI=1S/C14H13BrN2O3S/c1-19-10-2-4-11(5-3-10)20-9-14(18)17-16-8-12-6-7-13(15)21-12/h2-8H,9H2,1H3,(H,17,18). The summed E-state index contributed by atoms with van der Waals surface area (Å²) in [5, 5.41) is 3.86. The molecule has 21 heavy (non-hydrogen) atoms. The van der Waals surface area contributed by atoms with E-state index in [1.807, 2.05) is 12.1 Å². The van der Waals surface area contributed by atoms with E-state index in [0.29, 0.717) is 5.75 Å². The molecule has 0 fully saturated rings. The second-order valence-electron chi connectivity index (χ2n) is 3.90. The molecule has 0 spiro atoms. The molecule has 1 amide bonds. The first-order valence-corrected chi connectivity index (χ1v) is 7.62. The minimum absolute atomic E-state index is 0.0994. The van der Waals surface area contributed by atoms with Gasteiger partial charge in [-0.3, -0.25) is 4.79 Å². The van der Waals surface area contributed by atoms with E-state index in [1.165, 1.54) is 11.3 Å². The van der Waals surface area contributed by atoms with Gasteiger partial charge in [0.25, 0.3) is 5.91 Å². The Bertz CT molecular complexity index is 625. The molecule has 2 aromatic rings. The number of hydrogen-bond donors (Lipinski definition) is 1. The summed E-state index contributed by atoms with van der Waals surface area (Å²) in [5.74, 6) is 1.01. The molecule has 0 atom stereocenters. The van der Waals surface area contributed by atoms with Gasteiger partial charge in [-0.15, -0.1) is 11.3 Å². The van der Waals surface area contributed by atoms with Gasteiger partial charge in [-0.1, -0.05) is 0 Å². The van der Waals surface area contributed by atoms with Crippen molar-refractivity contribution in [2.75, 3.05) is 13.7 Å². The number of hydrazone groups is 1. The quantitative estimate of drug-likeness (QED) is 0.629. The molecule has 0 unspecified atom stereocenters. The molecule has 1 aromatic carbocycles. The average molecular weight is 369 g/mol. The van der Waals surface area contributed by atoms with Crippen molar-refractivity contribution in [3.8, 4) is 11.5 Å². The maximum absolute atomic E-state index is 11.6. The molecular weight excluding hydrogens is 356 g/mol. The maximum Gasteiger partial charge on any atom is 0.277 e. The predicted molar refractivity (Wildman–Crippen MR) is 86.2 cm³/mol. The van der Waals surface area contributed by atoms with Crippen molar-refractivity contribution in [1.29, 1.82) is 0 Å². The zero-order valence-corrected chi connectivity index (χ0v) is 13.6. The van der Waals surface area contributed by atoms with Crippen LogP contribution in [0.5, 0.6) is 11.5 Å². The molecule has 0 saturated carbocycles. The van der Waals surface area contributed by atoms with Gasteiger partial charge < -0.3 is 9.47 Å². The first-order chi connectivity index (χ1) is 10.2. The number of amides is 1. The number of methoxy groups -OCH3 is 1. The van der Waals surface area contributed by atoms with Crippen molar-refractivity contribution in [1.82, 2.24) is 5.43 Å². The third-order valence-corrected chi connectivity index (χ3v) is 3.96. The van der Waals surface area contributed by atoms with Gasteiger partial charge in [-0.25, -0.2) is 5.43 Å². The number of benzene rings is 1. The molecule has 2 rings (SSSR count). The summed E-state index contributed by atoms with van der Waals surface area (Å²) in [5.41, 5.74) is 2.41. The summed E-state index contributed by atoms with van der Waals surface area (Å²) in [4.78, 5) is 12.5. The van der Waals surface area contributed by atoms with Crippen LogP contribution in [0.1, 0.15) is 4.88 Å². The lowest BCUT2D eigenvalue weighted by molar-refractivity contribution is -0.123. The van der Waals surface area contributed by atoms with Crippen LogP contribution in [0.15, 0.2) is 45.3 Å². The van der Waals surface area contributed by atoms with E-state index in [-0.39, 0.29) is 12.5 Å². The molecule has 110 valence electrons. The molecule has 1 aromatic heterocycles. The first-order valence-electron chi connectivity index (χ1n) is 6.01. The molecule has 0 aliphatic heterocycles. The molecule has 0 bridgehead atoms. The van der Waals surface area contributed by atoms with Crippen LogP contribution < -0.4 is 14.9 Å². The molecule has 5 nitrogen and oxygen atoms in total. The number of carbonyl (C=O) groups excluding carboxylic acids is 1. The third-order valence-electron chi connectivity index (χ3n) is 2.40. The Kier molecular flexibility index (Phi) is 5.77. The topological polar surface area (TPSA) is 59.9 Å². The lowest BCUT2D eigenvalue weighted by Crippen LogP contribution is -2.24. The molecule has 0 aliphatic rings. The lowest BCUT2D eigenvalue weighted by atomic mass is 10.3. The molecule has 0 aliphatic carbocycles. The highest BCUT2D eigenvalue weighted by atomic mass is 79.9. The summed E-state index contributed by atoms with van der Waals surface area (Å²) in [6.07, 6.45) is 1.58. The molecule has 7 heteroatoms. The molecule has 1 heterocycles.